The van der Waals surface area contributed by atoms with Crippen LogP contribution in [0.1, 0.15) is 51.5 Å². The molecule has 25 heavy (non-hydrogen) atoms. The third-order valence-corrected chi connectivity index (χ3v) is 6.01. The van der Waals surface area contributed by atoms with Gasteiger partial charge < -0.3 is 14.4 Å². The van der Waals surface area contributed by atoms with E-state index in [9.17, 15) is 4.79 Å². The van der Waals surface area contributed by atoms with E-state index in [1.807, 2.05) is 23.1 Å². The number of carbonyl (C=O) groups excluding carboxylic acids is 1. The lowest BCUT2D eigenvalue weighted by Gasteiger charge is -2.26. The van der Waals surface area contributed by atoms with E-state index in [1.165, 1.54) is 10.4 Å². The highest BCUT2D eigenvalue weighted by Crippen LogP contribution is 2.40. The van der Waals surface area contributed by atoms with Gasteiger partial charge in [-0.2, -0.15) is 0 Å². The molecular weight excluding hydrogens is 334 g/mol. The van der Waals surface area contributed by atoms with Crippen molar-refractivity contribution in [3.8, 4) is 11.5 Å². The van der Waals surface area contributed by atoms with Crippen LogP contribution < -0.4 is 9.47 Å². The summed E-state index contributed by atoms with van der Waals surface area (Å²) in [5.74, 6) is 1.67. The quantitative estimate of drug-likeness (QED) is 0.782. The maximum atomic E-state index is 13.1. The fourth-order valence-corrected chi connectivity index (χ4v) is 4.61. The minimum absolute atomic E-state index is 0.0563. The number of rotatable bonds is 5. The van der Waals surface area contributed by atoms with E-state index in [0.29, 0.717) is 0 Å². The van der Waals surface area contributed by atoms with E-state index in [0.717, 1.165) is 47.7 Å². The number of methoxy groups -OCH3 is 2. The van der Waals surface area contributed by atoms with Crippen LogP contribution in [0.2, 0.25) is 0 Å². The first kappa shape index (κ1) is 17.8. The van der Waals surface area contributed by atoms with Crippen LogP contribution in [-0.4, -0.2) is 31.6 Å². The summed E-state index contributed by atoms with van der Waals surface area (Å²) in [6, 6.07) is 7.96. The molecule has 1 unspecified atom stereocenters. The van der Waals surface area contributed by atoms with Gasteiger partial charge in [0.05, 0.1) is 25.1 Å². The van der Waals surface area contributed by atoms with E-state index in [2.05, 4.69) is 19.9 Å². The van der Waals surface area contributed by atoms with Crippen LogP contribution in [0.15, 0.2) is 24.3 Å². The maximum Gasteiger partial charge on any atom is 0.264 e. The van der Waals surface area contributed by atoms with Gasteiger partial charge in [-0.15, -0.1) is 11.3 Å². The van der Waals surface area contributed by atoms with Crippen LogP contribution in [0.3, 0.4) is 0 Å². The van der Waals surface area contributed by atoms with Gasteiger partial charge in [-0.05, 0) is 49.9 Å². The fraction of sp³-hybridized carbons (Fsp3) is 0.450. The standard InChI is InChI=1S/C20H25NO3S/c1-5-14-11-19(25-13(14)2)20(22)21-10-6-7-17(21)16-9-8-15(23-3)12-18(16)24-4/h8-9,11-12,17H,5-7,10H2,1-4H3. The Morgan fingerprint density at radius 2 is 2.08 bits per heavy atom. The molecule has 3 rings (SSSR count). The summed E-state index contributed by atoms with van der Waals surface area (Å²) in [5.41, 5.74) is 2.32. The van der Waals surface area contributed by atoms with Gasteiger partial charge in [-0.1, -0.05) is 6.92 Å². The van der Waals surface area contributed by atoms with Crippen molar-refractivity contribution in [1.29, 1.82) is 0 Å². The number of hydrogen-bond donors (Lipinski definition) is 0. The normalized spacial score (nSPS) is 17.0. The minimum Gasteiger partial charge on any atom is -0.497 e. The van der Waals surface area contributed by atoms with Gasteiger partial charge in [0.2, 0.25) is 0 Å². The number of thiophene rings is 1. The molecule has 1 aliphatic rings. The van der Waals surface area contributed by atoms with Gasteiger partial charge in [-0.3, -0.25) is 4.79 Å². The molecule has 2 aromatic rings. The van der Waals surface area contributed by atoms with Crippen molar-refractivity contribution in [2.24, 2.45) is 0 Å². The molecule has 1 aliphatic heterocycles. The molecule has 2 heterocycles. The van der Waals surface area contributed by atoms with Gasteiger partial charge in [0.1, 0.15) is 11.5 Å². The van der Waals surface area contributed by atoms with Gasteiger partial charge in [0.15, 0.2) is 0 Å². The number of likely N-dealkylation sites (tertiary alicyclic amines) is 1. The molecule has 0 spiro atoms. The average Bonchev–Trinajstić information content (AvgIpc) is 3.26. The zero-order valence-electron chi connectivity index (χ0n) is 15.3. The summed E-state index contributed by atoms with van der Waals surface area (Å²) in [5, 5.41) is 0. The SMILES string of the molecule is CCc1cc(C(=O)N2CCCC2c2ccc(OC)cc2OC)sc1C. The molecule has 5 heteroatoms. The predicted octanol–water partition coefficient (Wildman–Crippen LogP) is 4.61. The number of benzene rings is 1. The maximum absolute atomic E-state index is 13.1. The molecule has 1 amide bonds. The third kappa shape index (κ3) is 3.38. The van der Waals surface area contributed by atoms with Crippen LogP contribution in [-0.2, 0) is 6.42 Å². The molecule has 1 aromatic heterocycles. The lowest BCUT2D eigenvalue weighted by Crippen LogP contribution is -2.30. The number of aryl methyl sites for hydroxylation is 2. The Morgan fingerprint density at radius 1 is 1.28 bits per heavy atom. The molecule has 0 radical (unpaired) electrons. The first-order chi connectivity index (χ1) is 12.1. The number of carbonyl (C=O) groups is 1. The van der Waals surface area contributed by atoms with Crippen molar-refractivity contribution in [3.05, 3.63) is 45.1 Å². The smallest absolute Gasteiger partial charge is 0.264 e. The monoisotopic (exact) mass is 359 g/mol. The number of hydrogen-bond acceptors (Lipinski definition) is 4. The van der Waals surface area contributed by atoms with Crippen molar-refractivity contribution in [2.75, 3.05) is 20.8 Å². The summed E-state index contributed by atoms with van der Waals surface area (Å²) in [7, 11) is 3.31. The molecule has 0 aliphatic carbocycles. The van der Waals surface area contributed by atoms with E-state index in [4.69, 9.17) is 9.47 Å². The molecule has 1 aromatic carbocycles. The van der Waals surface area contributed by atoms with E-state index in [-0.39, 0.29) is 11.9 Å². The van der Waals surface area contributed by atoms with E-state index in [1.54, 1.807) is 25.6 Å². The third-order valence-electron chi connectivity index (χ3n) is 4.93. The van der Waals surface area contributed by atoms with Crippen LogP contribution in [0.5, 0.6) is 11.5 Å². The Bertz CT molecular complexity index is 768. The molecule has 1 atom stereocenters. The Morgan fingerprint density at radius 3 is 2.72 bits per heavy atom. The minimum atomic E-state index is 0.0563. The van der Waals surface area contributed by atoms with Crippen molar-refractivity contribution >= 4 is 17.2 Å². The number of amides is 1. The number of nitrogens with zero attached hydrogens (tertiary/aromatic N) is 1. The summed E-state index contributed by atoms with van der Waals surface area (Å²) < 4.78 is 10.8. The topological polar surface area (TPSA) is 38.8 Å². The van der Waals surface area contributed by atoms with Crippen molar-refractivity contribution in [2.45, 2.75) is 39.2 Å². The summed E-state index contributed by atoms with van der Waals surface area (Å²) in [6.45, 7) is 5.01. The molecule has 1 saturated heterocycles. The van der Waals surface area contributed by atoms with Crippen molar-refractivity contribution in [1.82, 2.24) is 4.90 Å². The van der Waals surface area contributed by atoms with Gasteiger partial charge in [-0.25, -0.2) is 0 Å². The summed E-state index contributed by atoms with van der Waals surface area (Å²) in [4.78, 5) is 17.2. The Hall–Kier alpha value is -2.01. The molecule has 0 N–H and O–H groups in total. The fourth-order valence-electron chi connectivity index (χ4n) is 3.54. The molecular formula is C20H25NO3S. The first-order valence-corrected chi connectivity index (χ1v) is 9.52. The van der Waals surface area contributed by atoms with Crippen LogP contribution in [0.25, 0.3) is 0 Å². The van der Waals surface area contributed by atoms with Crippen LogP contribution in [0, 0.1) is 6.92 Å². The summed E-state index contributed by atoms with van der Waals surface area (Å²) >= 11 is 1.60. The van der Waals surface area contributed by atoms with E-state index >= 15 is 0 Å². The van der Waals surface area contributed by atoms with Crippen molar-refractivity contribution in [3.63, 3.8) is 0 Å². The molecule has 0 bridgehead atoms. The first-order valence-electron chi connectivity index (χ1n) is 8.71. The molecule has 4 nitrogen and oxygen atoms in total. The molecule has 134 valence electrons. The van der Waals surface area contributed by atoms with E-state index < -0.39 is 0 Å². The average molecular weight is 359 g/mol. The van der Waals surface area contributed by atoms with Gasteiger partial charge in [0.25, 0.3) is 5.91 Å². The highest BCUT2D eigenvalue weighted by Gasteiger charge is 2.33. The second-order valence-corrected chi connectivity index (χ2v) is 7.57. The predicted molar refractivity (Wildman–Crippen MR) is 101 cm³/mol. The second kappa shape index (κ2) is 7.48. The van der Waals surface area contributed by atoms with Gasteiger partial charge in [0, 0.05) is 23.1 Å². The Kier molecular flexibility index (Phi) is 5.33. The van der Waals surface area contributed by atoms with Gasteiger partial charge >= 0.3 is 0 Å². The lowest BCUT2D eigenvalue weighted by atomic mass is 10.0. The Balaban J connectivity index is 1.91. The molecule has 0 saturated carbocycles. The highest BCUT2D eigenvalue weighted by atomic mass is 32.1. The second-order valence-electron chi connectivity index (χ2n) is 6.31. The highest BCUT2D eigenvalue weighted by molar-refractivity contribution is 7.14. The van der Waals surface area contributed by atoms with Crippen LogP contribution in [0.4, 0.5) is 0 Å². The molecule has 1 fully saturated rings. The zero-order chi connectivity index (χ0) is 18.0. The summed E-state index contributed by atoms with van der Waals surface area (Å²) in [6.07, 6.45) is 2.93. The number of ether oxygens (including phenoxy) is 2. The Labute approximate surface area is 153 Å². The van der Waals surface area contributed by atoms with Crippen molar-refractivity contribution < 1.29 is 14.3 Å². The zero-order valence-corrected chi connectivity index (χ0v) is 16.1. The lowest BCUT2D eigenvalue weighted by molar-refractivity contribution is 0.0739. The van der Waals surface area contributed by atoms with Crippen LogP contribution >= 0.6 is 11.3 Å². The largest absolute Gasteiger partial charge is 0.497 e.